The highest BCUT2D eigenvalue weighted by Crippen LogP contribution is 2.31. The Morgan fingerprint density at radius 3 is 2.67 bits per heavy atom. The predicted molar refractivity (Wildman–Crippen MR) is 69.3 cm³/mol. The SMILES string of the molecule is Cn1cnc(Cn2c(N)nc3cc(C(F)(F)F)ccc32)n1. The summed E-state index contributed by atoms with van der Waals surface area (Å²) in [6.45, 7) is 0.245. The van der Waals surface area contributed by atoms with Crippen molar-refractivity contribution >= 4 is 17.0 Å². The first kappa shape index (κ1) is 13.4. The fourth-order valence-electron chi connectivity index (χ4n) is 2.09. The maximum absolute atomic E-state index is 12.7. The molecule has 0 aliphatic carbocycles. The Morgan fingerprint density at radius 2 is 2.05 bits per heavy atom. The first-order chi connectivity index (χ1) is 9.84. The number of benzene rings is 1. The summed E-state index contributed by atoms with van der Waals surface area (Å²) in [5.41, 5.74) is 5.72. The van der Waals surface area contributed by atoms with Crippen LogP contribution in [-0.4, -0.2) is 24.3 Å². The van der Waals surface area contributed by atoms with E-state index in [1.807, 2.05) is 0 Å². The van der Waals surface area contributed by atoms with Crippen molar-refractivity contribution in [1.82, 2.24) is 24.3 Å². The van der Waals surface area contributed by atoms with Crippen LogP contribution in [0.1, 0.15) is 11.4 Å². The molecule has 2 aromatic heterocycles. The third-order valence-electron chi connectivity index (χ3n) is 3.05. The molecule has 6 nitrogen and oxygen atoms in total. The van der Waals surface area contributed by atoms with Crippen LogP contribution in [0.4, 0.5) is 19.1 Å². The van der Waals surface area contributed by atoms with Gasteiger partial charge in [-0.1, -0.05) is 0 Å². The van der Waals surface area contributed by atoms with Crippen LogP contribution < -0.4 is 5.73 Å². The quantitative estimate of drug-likeness (QED) is 0.782. The van der Waals surface area contributed by atoms with Crippen LogP contribution >= 0.6 is 0 Å². The van der Waals surface area contributed by atoms with E-state index in [4.69, 9.17) is 5.73 Å². The van der Waals surface area contributed by atoms with Crippen molar-refractivity contribution in [2.45, 2.75) is 12.7 Å². The number of halogens is 3. The van der Waals surface area contributed by atoms with Gasteiger partial charge in [0.25, 0.3) is 0 Å². The number of hydrogen-bond donors (Lipinski definition) is 1. The molecule has 110 valence electrons. The molecule has 0 aliphatic rings. The number of nitrogen functional groups attached to an aromatic ring is 1. The molecular formula is C12H11F3N6. The van der Waals surface area contributed by atoms with Crippen molar-refractivity contribution in [1.29, 1.82) is 0 Å². The normalized spacial score (nSPS) is 12.2. The van der Waals surface area contributed by atoms with Crippen molar-refractivity contribution < 1.29 is 13.2 Å². The summed E-state index contributed by atoms with van der Waals surface area (Å²) >= 11 is 0. The molecule has 2 N–H and O–H groups in total. The van der Waals surface area contributed by atoms with Crippen LogP contribution in [0.15, 0.2) is 24.5 Å². The zero-order valence-corrected chi connectivity index (χ0v) is 11.0. The van der Waals surface area contributed by atoms with E-state index in [0.717, 1.165) is 12.1 Å². The van der Waals surface area contributed by atoms with Gasteiger partial charge in [-0.25, -0.2) is 9.97 Å². The minimum absolute atomic E-state index is 0.122. The lowest BCUT2D eigenvalue weighted by Crippen LogP contribution is -2.07. The van der Waals surface area contributed by atoms with Crippen LogP contribution in [0.3, 0.4) is 0 Å². The van der Waals surface area contributed by atoms with E-state index in [-0.39, 0.29) is 18.0 Å². The van der Waals surface area contributed by atoms with E-state index in [1.54, 1.807) is 11.6 Å². The Kier molecular flexibility index (Phi) is 2.85. The number of alkyl halides is 3. The number of anilines is 1. The third-order valence-corrected chi connectivity index (χ3v) is 3.05. The Bertz CT molecular complexity index is 801. The standard InChI is InChI=1S/C12H11F3N6/c1-20-6-17-10(19-20)5-21-9-3-2-7(12(13,14)15)4-8(9)18-11(21)16/h2-4,6H,5H2,1H3,(H2,16,18). The molecule has 0 aliphatic heterocycles. The molecule has 0 saturated carbocycles. The molecule has 0 amide bonds. The highest BCUT2D eigenvalue weighted by atomic mass is 19.4. The Hall–Kier alpha value is -2.58. The van der Waals surface area contributed by atoms with Gasteiger partial charge in [-0.2, -0.15) is 18.3 Å². The number of nitrogens with two attached hydrogens (primary N) is 1. The summed E-state index contributed by atoms with van der Waals surface area (Å²) < 4.78 is 41.2. The molecule has 2 heterocycles. The van der Waals surface area contributed by atoms with Gasteiger partial charge in [-0.05, 0) is 18.2 Å². The molecule has 0 bridgehead atoms. The van der Waals surface area contributed by atoms with E-state index in [2.05, 4.69) is 15.1 Å². The smallest absolute Gasteiger partial charge is 0.369 e. The van der Waals surface area contributed by atoms with Crippen molar-refractivity contribution in [3.05, 3.63) is 35.9 Å². The van der Waals surface area contributed by atoms with Gasteiger partial charge in [0, 0.05) is 7.05 Å². The van der Waals surface area contributed by atoms with E-state index in [0.29, 0.717) is 11.3 Å². The van der Waals surface area contributed by atoms with Gasteiger partial charge in [0.2, 0.25) is 5.95 Å². The van der Waals surface area contributed by atoms with E-state index >= 15 is 0 Å². The van der Waals surface area contributed by atoms with Crippen molar-refractivity contribution in [3.63, 3.8) is 0 Å². The summed E-state index contributed by atoms with van der Waals surface area (Å²) in [4.78, 5) is 8.03. The molecular weight excluding hydrogens is 285 g/mol. The first-order valence-corrected chi connectivity index (χ1v) is 6.02. The molecule has 21 heavy (non-hydrogen) atoms. The molecule has 1 aromatic carbocycles. The van der Waals surface area contributed by atoms with E-state index in [9.17, 15) is 13.2 Å². The van der Waals surface area contributed by atoms with Crippen molar-refractivity contribution in [3.8, 4) is 0 Å². The molecule has 0 unspecified atom stereocenters. The third kappa shape index (κ3) is 2.41. The second-order valence-electron chi connectivity index (χ2n) is 4.59. The Morgan fingerprint density at radius 1 is 1.29 bits per heavy atom. The first-order valence-electron chi connectivity index (χ1n) is 6.02. The minimum Gasteiger partial charge on any atom is -0.369 e. The van der Waals surface area contributed by atoms with Crippen LogP contribution in [0, 0.1) is 0 Å². The molecule has 0 spiro atoms. The largest absolute Gasteiger partial charge is 0.416 e. The Balaban J connectivity index is 2.05. The molecule has 0 fully saturated rings. The molecule has 9 heteroatoms. The summed E-state index contributed by atoms with van der Waals surface area (Å²) in [5.74, 6) is 0.625. The average Bonchev–Trinajstić information content (AvgIpc) is 2.93. The lowest BCUT2D eigenvalue weighted by Gasteiger charge is -2.07. The van der Waals surface area contributed by atoms with Crippen molar-refractivity contribution in [2.75, 3.05) is 5.73 Å². The molecule has 0 saturated heterocycles. The lowest BCUT2D eigenvalue weighted by molar-refractivity contribution is -0.137. The summed E-state index contributed by atoms with van der Waals surface area (Å²) in [7, 11) is 1.72. The second kappa shape index (κ2) is 4.47. The van der Waals surface area contributed by atoms with Gasteiger partial charge < -0.3 is 10.3 Å². The van der Waals surface area contributed by atoms with Crippen molar-refractivity contribution in [2.24, 2.45) is 7.05 Å². The maximum atomic E-state index is 12.7. The molecule has 0 atom stereocenters. The van der Waals surface area contributed by atoms with E-state index < -0.39 is 11.7 Å². The zero-order valence-electron chi connectivity index (χ0n) is 11.0. The lowest BCUT2D eigenvalue weighted by atomic mass is 10.2. The molecule has 3 rings (SSSR count). The summed E-state index contributed by atoms with van der Waals surface area (Å²) in [5, 5.41) is 4.11. The number of imidazole rings is 1. The number of nitrogens with zero attached hydrogens (tertiary/aromatic N) is 5. The second-order valence-corrected chi connectivity index (χ2v) is 4.59. The Labute approximate surface area is 117 Å². The van der Waals surface area contributed by atoms with Crippen LogP contribution in [0.5, 0.6) is 0 Å². The average molecular weight is 296 g/mol. The maximum Gasteiger partial charge on any atom is 0.416 e. The van der Waals surface area contributed by atoms with Gasteiger partial charge in [-0.3, -0.25) is 4.68 Å². The minimum atomic E-state index is -4.41. The van der Waals surface area contributed by atoms with Gasteiger partial charge in [0.05, 0.1) is 23.1 Å². The monoisotopic (exact) mass is 296 g/mol. The number of aryl methyl sites for hydroxylation is 1. The fourth-order valence-corrected chi connectivity index (χ4v) is 2.09. The van der Waals surface area contributed by atoms with Gasteiger partial charge >= 0.3 is 6.18 Å². The number of rotatable bonds is 2. The van der Waals surface area contributed by atoms with Gasteiger partial charge in [0.1, 0.15) is 6.33 Å². The van der Waals surface area contributed by atoms with Crippen LogP contribution in [0.25, 0.3) is 11.0 Å². The highest BCUT2D eigenvalue weighted by Gasteiger charge is 2.31. The van der Waals surface area contributed by atoms with Crippen LogP contribution in [0.2, 0.25) is 0 Å². The number of hydrogen-bond acceptors (Lipinski definition) is 4. The molecule has 3 aromatic rings. The fraction of sp³-hybridized carbons (Fsp3) is 0.250. The predicted octanol–water partition coefficient (Wildman–Crippen LogP) is 1.81. The topological polar surface area (TPSA) is 74.5 Å². The van der Waals surface area contributed by atoms with E-state index in [1.165, 1.54) is 17.1 Å². The molecule has 0 radical (unpaired) electrons. The number of fused-ring (bicyclic) bond motifs is 1. The van der Waals surface area contributed by atoms with Gasteiger partial charge in [0.15, 0.2) is 5.82 Å². The summed E-state index contributed by atoms with van der Waals surface area (Å²) in [6.07, 6.45) is -2.87. The highest BCUT2D eigenvalue weighted by molar-refractivity contribution is 5.79. The zero-order chi connectivity index (χ0) is 15.2. The van der Waals surface area contributed by atoms with Gasteiger partial charge in [-0.15, -0.1) is 0 Å². The summed E-state index contributed by atoms with van der Waals surface area (Å²) in [6, 6.07) is 3.34. The number of aromatic nitrogens is 5. The van der Waals surface area contributed by atoms with Crippen LogP contribution in [-0.2, 0) is 19.8 Å².